The third-order valence-corrected chi connectivity index (χ3v) is 5.11. The van der Waals surface area contributed by atoms with Crippen LogP contribution in [0.25, 0.3) is 0 Å². The van der Waals surface area contributed by atoms with E-state index < -0.39 is 0 Å². The average molecular weight is 529 g/mol. The third-order valence-electron chi connectivity index (χ3n) is 4.40. The molecule has 3 N–H and O–H groups in total. The van der Waals surface area contributed by atoms with Gasteiger partial charge in [-0.05, 0) is 72.0 Å². The third kappa shape index (κ3) is 7.69. The van der Waals surface area contributed by atoms with Crippen molar-refractivity contribution in [2.45, 2.75) is 13.5 Å². The number of hydrogen-bond acceptors (Lipinski definition) is 4. The second kappa shape index (κ2) is 11.5. The molecule has 7 heteroatoms. The number of carbonyl (C=O) groups excluding carboxylic acids is 2. The first-order chi connectivity index (χ1) is 15.0. The molecular formula is C24H24IN3O3. The lowest BCUT2D eigenvalue weighted by Gasteiger charge is -2.12. The van der Waals surface area contributed by atoms with Gasteiger partial charge in [0.05, 0.1) is 6.54 Å². The Bertz CT molecular complexity index is 1020. The summed E-state index contributed by atoms with van der Waals surface area (Å²) >= 11 is 2.21. The molecule has 0 saturated heterocycles. The van der Waals surface area contributed by atoms with Gasteiger partial charge < -0.3 is 20.7 Å². The highest BCUT2D eigenvalue weighted by molar-refractivity contribution is 14.1. The fourth-order valence-corrected chi connectivity index (χ4v) is 3.18. The lowest BCUT2D eigenvalue weighted by molar-refractivity contribution is -0.118. The molecule has 0 atom stereocenters. The van der Waals surface area contributed by atoms with Crippen LogP contribution in [0.3, 0.4) is 0 Å². The molecule has 160 valence electrons. The summed E-state index contributed by atoms with van der Waals surface area (Å²) in [5.74, 6) is 0.243. The highest BCUT2D eigenvalue weighted by Gasteiger charge is 2.08. The molecule has 0 aromatic heterocycles. The number of para-hydroxylation sites is 1. The standard InChI is InChI=1S/C24H24IN3O3/c1-17-6-10-20(11-7-17)27-23(29)15-26-14-18-4-2-3-5-22(18)31-16-24(30)28-21-12-8-19(25)9-13-21/h2-13,26H,14-16H2,1H3,(H,27,29)(H,28,30). The summed E-state index contributed by atoms with van der Waals surface area (Å²) < 4.78 is 6.80. The average Bonchev–Trinajstić information content (AvgIpc) is 2.76. The minimum Gasteiger partial charge on any atom is -0.483 e. The van der Waals surface area contributed by atoms with Crippen molar-refractivity contribution in [1.29, 1.82) is 0 Å². The number of rotatable bonds is 9. The maximum absolute atomic E-state index is 12.2. The lowest BCUT2D eigenvalue weighted by Crippen LogP contribution is -2.28. The first kappa shape index (κ1) is 22.8. The van der Waals surface area contributed by atoms with Gasteiger partial charge in [-0.3, -0.25) is 9.59 Å². The van der Waals surface area contributed by atoms with Crippen LogP contribution in [0, 0.1) is 10.5 Å². The maximum atomic E-state index is 12.2. The Balaban J connectivity index is 1.46. The summed E-state index contributed by atoms with van der Waals surface area (Å²) in [7, 11) is 0. The van der Waals surface area contributed by atoms with Gasteiger partial charge in [0, 0.05) is 27.1 Å². The smallest absolute Gasteiger partial charge is 0.262 e. The molecule has 6 nitrogen and oxygen atoms in total. The second-order valence-corrected chi connectivity index (χ2v) is 8.21. The van der Waals surface area contributed by atoms with E-state index in [2.05, 4.69) is 38.5 Å². The molecule has 0 bridgehead atoms. The van der Waals surface area contributed by atoms with Crippen LogP contribution >= 0.6 is 22.6 Å². The SMILES string of the molecule is Cc1ccc(NC(=O)CNCc2ccccc2OCC(=O)Nc2ccc(I)cc2)cc1. The van der Waals surface area contributed by atoms with Crippen molar-refractivity contribution in [3.05, 3.63) is 87.5 Å². The van der Waals surface area contributed by atoms with Crippen LogP contribution in [0.15, 0.2) is 72.8 Å². The van der Waals surface area contributed by atoms with E-state index in [1.54, 1.807) is 0 Å². The zero-order valence-corrected chi connectivity index (χ0v) is 19.3. The molecule has 3 rings (SSSR count). The zero-order valence-electron chi connectivity index (χ0n) is 17.2. The van der Waals surface area contributed by atoms with E-state index in [9.17, 15) is 9.59 Å². The van der Waals surface area contributed by atoms with E-state index in [0.29, 0.717) is 12.3 Å². The first-order valence-electron chi connectivity index (χ1n) is 9.83. The predicted molar refractivity (Wildman–Crippen MR) is 131 cm³/mol. The largest absolute Gasteiger partial charge is 0.483 e. The van der Waals surface area contributed by atoms with E-state index in [1.165, 1.54) is 0 Å². The molecule has 0 heterocycles. The van der Waals surface area contributed by atoms with Gasteiger partial charge in [-0.15, -0.1) is 0 Å². The highest BCUT2D eigenvalue weighted by atomic mass is 127. The van der Waals surface area contributed by atoms with E-state index in [1.807, 2.05) is 79.7 Å². The Morgan fingerprint density at radius 1 is 0.839 bits per heavy atom. The van der Waals surface area contributed by atoms with Gasteiger partial charge in [0.2, 0.25) is 5.91 Å². The number of halogens is 1. The number of benzene rings is 3. The van der Waals surface area contributed by atoms with Crippen molar-refractivity contribution >= 4 is 45.8 Å². The fourth-order valence-electron chi connectivity index (χ4n) is 2.82. The van der Waals surface area contributed by atoms with Gasteiger partial charge in [0.15, 0.2) is 6.61 Å². The number of hydrogen-bond donors (Lipinski definition) is 3. The van der Waals surface area contributed by atoms with Crippen molar-refractivity contribution < 1.29 is 14.3 Å². The number of amides is 2. The summed E-state index contributed by atoms with van der Waals surface area (Å²) in [6.45, 7) is 2.50. The van der Waals surface area contributed by atoms with Crippen molar-refractivity contribution in [3.8, 4) is 5.75 Å². The number of anilines is 2. The van der Waals surface area contributed by atoms with Crippen LogP contribution in [0.1, 0.15) is 11.1 Å². The number of aryl methyl sites for hydroxylation is 1. The summed E-state index contributed by atoms with van der Waals surface area (Å²) in [6, 6.07) is 22.6. The fraction of sp³-hybridized carbons (Fsp3) is 0.167. The van der Waals surface area contributed by atoms with Gasteiger partial charge in [0.1, 0.15) is 5.75 Å². The van der Waals surface area contributed by atoms with Gasteiger partial charge in [0.25, 0.3) is 5.91 Å². The quantitative estimate of drug-likeness (QED) is 0.361. The van der Waals surface area contributed by atoms with E-state index in [-0.39, 0.29) is 25.0 Å². The minimum absolute atomic E-state index is 0.100. The summed E-state index contributed by atoms with van der Waals surface area (Å²) in [5.41, 5.74) is 3.50. The number of carbonyl (C=O) groups is 2. The van der Waals surface area contributed by atoms with Crippen molar-refractivity contribution in [2.75, 3.05) is 23.8 Å². The molecule has 0 spiro atoms. The molecule has 3 aromatic rings. The molecule has 0 saturated carbocycles. The molecule has 31 heavy (non-hydrogen) atoms. The first-order valence-corrected chi connectivity index (χ1v) is 10.9. The van der Waals surface area contributed by atoms with Crippen molar-refractivity contribution in [3.63, 3.8) is 0 Å². The molecule has 0 aliphatic rings. The Hall–Kier alpha value is -2.91. The van der Waals surface area contributed by atoms with Crippen LogP contribution in [-0.2, 0) is 16.1 Å². The monoisotopic (exact) mass is 529 g/mol. The Morgan fingerprint density at radius 3 is 2.16 bits per heavy atom. The molecule has 0 radical (unpaired) electrons. The van der Waals surface area contributed by atoms with Gasteiger partial charge >= 0.3 is 0 Å². The molecule has 2 amide bonds. The Labute approximate surface area is 195 Å². The van der Waals surface area contributed by atoms with E-state index in [4.69, 9.17) is 4.74 Å². The van der Waals surface area contributed by atoms with Crippen molar-refractivity contribution in [2.24, 2.45) is 0 Å². The van der Waals surface area contributed by atoms with Gasteiger partial charge in [-0.25, -0.2) is 0 Å². The molecule has 3 aromatic carbocycles. The number of nitrogens with one attached hydrogen (secondary N) is 3. The summed E-state index contributed by atoms with van der Waals surface area (Å²) in [5, 5.41) is 8.77. The zero-order chi connectivity index (χ0) is 22.1. The van der Waals surface area contributed by atoms with Crippen LogP contribution in [0.4, 0.5) is 11.4 Å². The highest BCUT2D eigenvalue weighted by Crippen LogP contribution is 2.18. The molecule has 0 aliphatic carbocycles. The topological polar surface area (TPSA) is 79.5 Å². The molecule has 0 unspecified atom stereocenters. The summed E-state index contributed by atoms with van der Waals surface area (Å²) in [6.07, 6.45) is 0. The molecular weight excluding hydrogens is 505 g/mol. The number of ether oxygens (including phenoxy) is 1. The minimum atomic E-state index is -0.235. The van der Waals surface area contributed by atoms with Gasteiger partial charge in [-0.2, -0.15) is 0 Å². The normalized spacial score (nSPS) is 10.4. The van der Waals surface area contributed by atoms with Crippen LogP contribution < -0.4 is 20.7 Å². The Kier molecular flexibility index (Phi) is 8.43. The van der Waals surface area contributed by atoms with Crippen LogP contribution in [0.5, 0.6) is 5.75 Å². The Morgan fingerprint density at radius 2 is 1.45 bits per heavy atom. The van der Waals surface area contributed by atoms with E-state index in [0.717, 1.165) is 26.1 Å². The predicted octanol–water partition coefficient (Wildman–Crippen LogP) is 4.35. The molecule has 0 aliphatic heterocycles. The van der Waals surface area contributed by atoms with Gasteiger partial charge in [-0.1, -0.05) is 35.9 Å². The van der Waals surface area contributed by atoms with Crippen LogP contribution in [0.2, 0.25) is 0 Å². The van der Waals surface area contributed by atoms with Crippen LogP contribution in [-0.4, -0.2) is 25.0 Å². The van der Waals surface area contributed by atoms with E-state index >= 15 is 0 Å². The lowest BCUT2D eigenvalue weighted by atomic mass is 10.2. The van der Waals surface area contributed by atoms with Crippen molar-refractivity contribution in [1.82, 2.24) is 5.32 Å². The second-order valence-electron chi connectivity index (χ2n) is 6.97. The summed E-state index contributed by atoms with van der Waals surface area (Å²) in [4.78, 5) is 24.3. The maximum Gasteiger partial charge on any atom is 0.262 e. The molecule has 0 fully saturated rings.